The van der Waals surface area contributed by atoms with Gasteiger partial charge in [-0.15, -0.1) is 11.3 Å². The number of nitrogens with one attached hydrogen (secondary N) is 1. The minimum absolute atomic E-state index is 0.181. The zero-order chi connectivity index (χ0) is 17.1. The molecule has 0 aliphatic heterocycles. The van der Waals surface area contributed by atoms with E-state index in [4.69, 9.17) is 4.74 Å². The molecule has 0 atom stereocenters. The molecule has 1 N–H and O–H groups in total. The zero-order valence-electron chi connectivity index (χ0n) is 13.8. The number of aryl methyl sites for hydroxylation is 2. The van der Waals surface area contributed by atoms with Crippen LogP contribution in [0.15, 0.2) is 47.8 Å². The highest BCUT2D eigenvalue weighted by atomic mass is 32.1. The number of benzene rings is 2. The molecule has 0 bridgehead atoms. The maximum Gasteiger partial charge on any atom is 0.257 e. The number of anilines is 1. The molecule has 4 nitrogen and oxygen atoms in total. The number of ether oxygens (including phenoxy) is 1. The van der Waals surface area contributed by atoms with E-state index in [0.717, 1.165) is 17.0 Å². The highest BCUT2D eigenvalue weighted by Crippen LogP contribution is 2.28. The Hall–Kier alpha value is -2.66. The third-order valence-electron chi connectivity index (χ3n) is 3.75. The second kappa shape index (κ2) is 6.84. The topological polar surface area (TPSA) is 51.2 Å². The number of aromatic nitrogens is 1. The van der Waals surface area contributed by atoms with Gasteiger partial charge in [-0.3, -0.25) is 10.1 Å². The summed E-state index contributed by atoms with van der Waals surface area (Å²) in [5, 5.41) is 5.40. The number of rotatable bonds is 4. The minimum Gasteiger partial charge on any atom is -0.497 e. The van der Waals surface area contributed by atoms with E-state index in [0.29, 0.717) is 10.7 Å². The second-order valence-electron chi connectivity index (χ2n) is 5.54. The van der Waals surface area contributed by atoms with Crippen molar-refractivity contribution in [1.82, 2.24) is 4.98 Å². The van der Waals surface area contributed by atoms with E-state index in [1.165, 1.54) is 22.5 Å². The number of thiazole rings is 1. The highest BCUT2D eigenvalue weighted by molar-refractivity contribution is 7.14. The lowest BCUT2D eigenvalue weighted by Gasteiger charge is -2.04. The van der Waals surface area contributed by atoms with E-state index in [1.54, 1.807) is 31.4 Å². The molecule has 3 rings (SSSR count). The van der Waals surface area contributed by atoms with Gasteiger partial charge >= 0.3 is 0 Å². The number of carbonyl (C=O) groups is 1. The molecule has 0 saturated carbocycles. The summed E-state index contributed by atoms with van der Waals surface area (Å²) in [5.41, 5.74) is 4.90. The summed E-state index contributed by atoms with van der Waals surface area (Å²) in [6, 6.07) is 13.3. The van der Waals surface area contributed by atoms with E-state index in [1.807, 2.05) is 5.38 Å². The van der Waals surface area contributed by atoms with Gasteiger partial charge in [-0.25, -0.2) is 4.98 Å². The SMILES string of the molecule is COc1ccc(C(=O)Nc2nc(-c3cc(C)ccc3C)cs2)cc1. The molecule has 5 heteroatoms. The van der Waals surface area contributed by atoms with Gasteiger partial charge in [-0.1, -0.05) is 17.7 Å². The van der Waals surface area contributed by atoms with Gasteiger partial charge in [0.1, 0.15) is 5.75 Å². The van der Waals surface area contributed by atoms with Gasteiger partial charge in [0.25, 0.3) is 5.91 Å². The van der Waals surface area contributed by atoms with Crippen LogP contribution in [0.25, 0.3) is 11.3 Å². The average molecular weight is 338 g/mol. The molecular formula is C19H18N2O2S. The molecular weight excluding hydrogens is 320 g/mol. The predicted molar refractivity (Wildman–Crippen MR) is 98.0 cm³/mol. The van der Waals surface area contributed by atoms with E-state index in [9.17, 15) is 4.79 Å². The number of methoxy groups -OCH3 is 1. The van der Waals surface area contributed by atoms with Crippen molar-refractivity contribution < 1.29 is 9.53 Å². The Morgan fingerprint density at radius 3 is 2.58 bits per heavy atom. The van der Waals surface area contributed by atoms with Gasteiger partial charge in [0.15, 0.2) is 5.13 Å². The van der Waals surface area contributed by atoms with Crippen molar-refractivity contribution in [1.29, 1.82) is 0 Å². The Morgan fingerprint density at radius 1 is 1.12 bits per heavy atom. The number of nitrogens with zero attached hydrogens (tertiary/aromatic N) is 1. The number of hydrogen-bond donors (Lipinski definition) is 1. The van der Waals surface area contributed by atoms with Crippen molar-refractivity contribution in [2.24, 2.45) is 0 Å². The smallest absolute Gasteiger partial charge is 0.257 e. The fraction of sp³-hybridized carbons (Fsp3) is 0.158. The molecule has 0 spiro atoms. The van der Waals surface area contributed by atoms with Crippen LogP contribution in [0.5, 0.6) is 5.75 Å². The lowest BCUT2D eigenvalue weighted by atomic mass is 10.0. The van der Waals surface area contributed by atoms with Crippen LogP contribution >= 0.6 is 11.3 Å². The van der Waals surface area contributed by atoms with Crippen LogP contribution in [0, 0.1) is 13.8 Å². The van der Waals surface area contributed by atoms with Gasteiger partial charge in [0.2, 0.25) is 0 Å². The van der Waals surface area contributed by atoms with Crippen molar-refractivity contribution in [2.75, 3.05) is 12.4 Å². The number of carbonyl (C=O) groups excluding carboxylic acids is 1. The first-order valence-corrected chi connectivity index (χ1v) is 8.43. The Kier molecular flexibility index (Phi) is 4.62. The normalized spacial score (nSPS) is 10.5. The largest absolute Gasteiger partial charge is 0.497 e. The Bertz CT molecular complexity index is 869. The van der Waals surface area contributed by atoms with Crippen LogP contribution in [-0.4, -0.2) is 18.0 Å². The maximum absolute atomic E-state index is 12.3. The Balaban J connectivity index is 1.78. The molecule has 1 amide bonds. The first-order valence-electron chi connectivity index (χ1n) is 7.55. The predicted octanol–water partition coefficient (Wildman–Crippen LogP) is 4.69. The first-order chi connectivity index (χ1) is 11.6. The molecule has 1 aromatic heterocycles. The number of amides is 1. The highest BCUT2D eigenvalue weighted by Gasteiger charge is 2.11. The average Bonchev–Trinajstić information content (AvgIpc) is 3.05. The molecule has 0 aliphatic carbocycles. The van der Waals surface area contributed by atoms with Crippen LogP contribution in [0.2, 0.25) is 0 Å². The van der Waals surface area contributed by atoms with Crippen molar-refractivity contribution in [2.45, 2.75) is 13.8 Å². The third-order valence-corrected chi connectivity index (χ3v) is 4.50. The summed E-state index contributed by atoms with van der Waals surface area (Å²) in [6.07, 6.45) is 0. The van der Waals surface area contributed by atoms with Crippen LogP contribution < -0.4 is 10.1 Å². The lowest BCUT2D eigenvalue weighted by molar-refractivity contribution is 0.102. The molecule has 0 fully saturated rings. The van der Waals surface area contributed by atoms with Gasteiger partial charge in [-0.05, 0) is 49.7 Å². The van der Waals surface area contributed by atoms with Crippen molar-refractivity contribution in [3.63, 3.8) is 0 Å². The summed E-state index contributed by atoms with van der Waals surface area (Å²) >= 11 is 1.42. The van der Waals surface area contributed by atoms with E-state index in [-0.39, 0.29) is 5.91 Å². The van der Waals surface area contributed by atoms with Gasteiger partial charge < -0.3 is 4.74 Å². The molecule has 0 aliphatic rings. The zero-order valence-corrected chi connectivity index (χ0v) is 14.6. The van der Waals surface area contributed by atoms with Gasteiger partial charge in [0.05, 0.1) is 12.8 Å². The molecule has 3 aromatic rings. The summed E-state index contributed by atoms with van der Waals surface area (Å²) in [5.74, 6) is 0.539. The molecule has 122 valence electrons. The van der Waals surface area contributed by atoms with Crippen molar-refractivity contribution in [3.8, 4) is 17.0 Å². The Morgan fingerprint density at radius 2 is 1.88 bits per heavy atom. The maximum atomic E-state index is 12.3. The second-order valence-corrected chi connectivity index (χ2v) is 6.40. The third kappa shape index (κ3) is 3.46. The van der Waals surface area contributed by atoms with Crippen molar-refractivity contribution in [3.05, 3.63) is 64.5 Å². The number of hydrogen-bond acceptors (Lipinski definition) is 4. The summed E-state index contributed by atoms with van der Waals surface area (Å²) in [4.78, 5) is 16.8. The minimum atomic E-state index is -0.181. The standard InChI is InChI=1S/C19H18N2O2S/c1-12-4-5-13(2)16(10-12)17-11-24-19(20-17)21-18(22)14-6-8-15(23-3)9-7-14/h4-11H,1-3H3,(H,20,21,22). The molecule has 24 heavy (non-hydrogen) atoms. The molecule has 1 heterocycles. The van der Waals surface area contributed by atoms with Crippen LogP contribution in [0.3, 0.4) is 0 Å². The first kappa shape index (κ1) is 16.2. The van der Waals surface area contributed by atoms with Crippen molar-refractivity contribution >= 4 is 22.4 Å². The van der Waals surface area contributed by atoms with E-state index < -0.39 is 0 Å². The fourth-order valence-electron chi connectivity index (χ4n) is 2.38. The summed E-state index contributed by atoms with van der Waals surface area (Å²) in [6.45, 7) is 4.12. The lowest BCUT2D eigenvalue weighted by Crippen LogP contribution is -2.11. The van der Waals surface area contributed by atoms with Crippen LogP contribution in [0.1, 0.15) is 21.5 Å². The molecule has 0 radical (unpaired) electrons. The van der Waals surface area contributed by atoms with E-state index >= 15 is 0 Å². The summed E-state index contributed by atoms with van der Waals surface area (Å²) < 4.78 is 5.10. The Labute approximate surface area is 145 Å². The molecule has 0 unspecified atom stereocenters. The van der Waals surface area contributed by atoms with E-state index in [2.05, 4.69) is 42.3 Å². The van der Waals surface area contributed by atoms with Gasteiger partial charge in [-0.2, -0.15) is 0 Å². The summed E-state index contributed by atoms with van der Waals surface area (Å²) in [7, 11) is 1.60. The fourth-order valence-corrected chi connectivity index (χ4v) is 3.08. The monoisotopic (exact) mass is 338 g/mol. The quantitative estimate of drug-likeness (QED) is 0.751. The van der Waals surface area contributed by atoms with Crippen LogP contribution in [-0.2, 0) is 0 Å². The van der Waals surface area contributed by atoms with Crippen LogP contribution in [0.4, 0.5) is 5.13 Å². The molecule has 0 saturated heterocycles. The molecule has 2 aromatic carbocycles. The van der Waals surface area contributed by atoms with Gasteiger partial charge in [0, 0.05) is 16.5 Å².